The van der Waals surface area contributed by atoms with Crippen LogP contribution in [0.2, 0.25) is 10.0 Å². The zero-order valence-corrected chi connectivity index (χ0v) is 11.3. The highest BCUT2D eigenvalue weighted by atomic mass is 35.5. The molecule has 0 aliphatic carbocycles. The summed E-state index contributed by atoms with van der Waals surface area (Å²) in [7, 11) is 4.01. The molecule has 1 aliphatic heterocycles. The molecule has 1 aliphatic rings. The van der Waals surface area contributed by atoms with Crippen LogP contribution >= 0.6 is 23.2 Å². The highest BCUT2D eigenvalue weighted by Gasteiger charge is 2.03. The van der Waals surface area contributed by atoms with Gasteiger partial charge in [0, 0.05) is 12.7 Å². The second-order valence-corrected chi connectivity index (χ2v) is 4.70. The van der Waals surface area contributed by atoms with E-state index in [1.807, 2.05) is 13.1 Å². The maximum Gasteiger partial charge on any atom is 0.0612 e. The maximum atomic E-state index is 5.72. The Bertz CT molecular complexity index is 323. The first-order valence-corrected chi connectivity index (χ1v) is 6.20. The Morgan fingerprint density at radius 2 is 1.75 bits per heavy atom. The first-order valence-electron chi connectivity index (χ1n) is 5.45. The summed E-state index contributed by atoms with van der Waals surface area (Å²) >= 11 is 11.4. The molecule has 90 valence electrons. The molecule has 2 rings (SSSR count). The Morgan fingerprint density at radius 3 is 2.12 bits per heavy atom. The van der Waals surface area contributed by atoms with Crippen molar-refractivity contribution in [3.63, 3.8) is 0 Å². The van der Waals surface area contributed by atoms with Crippen molar-refractivity contribution < 1.29 is 0 Å². The van der Waals surface area contributed by atoms with Gasteiger partial charge < -0.3 is 10.2 Å². The molecular formula is C12H18Cl2N2. The standard InChI is InChI=1S/C7H7Cl2N.C5H11N/c1-10-5-2-3-6(8)7(9)4-5;1-6-4-2-3-5-6/h2-4,10H,1H3;2-5H2,1H3. The molecule has 16 heavy (non-hydrogen) atoms. The van der Waals surface area contributed by atoms with Gasteiger partial charge in [-0.3, -0.25) is 0 Å². The van der Waals surface area contributed by atoms with E-state index < -0.39 is 0 Å². The normalized spacial score (nSPS) is 15.5. The third-order valence-corrected chi connectivity index (χ3v) is 3.28. The highest BCUT2D eigenvalue weighted by molar-refractivity contribution is 6.42. The Kier molecular flexibility index (Phi) is 5.96. The lowest BCUT2D eigenvalue weighted by Crippen LogP contribution is -2.10. The third kappa shape index (κ3) is 4.60. The van der Waals surface area contributed by atoms with Crippen molar-refractivity contribution in [3.05, 3.63) is 28.2 Å². The van der Waals surface area contributed by atoms with Gasteiger partial charge in [-0.15, -0.1) is 0 Å². The van der Waals surface area contributed by atoms with Crippen LogP contribution in [0.4, 0.5) is 5.69 Å². The number of nitrogens with one attached hydrogen (secondary N) is 1. The zero-order chi connectivity index (χ0) is 12.0. The molecule has 1 fully saturated rings. The summed E-state index contributed by atoms with van der Waals surface area (Å²) in [5.74, 6) is 0. The van der Waals surface area contributed by atoms with Crippen molar-refractivity contribution in [1.82, 2.24) is 4.90 Å². The minimum atomic E-state index is 0.577. The van der Waals surface area contributed by atoms with Crippen LogP contribution in [0.1, 0.15) is 12.8 Å². The predicted molar refractivity (Wildman–Crippen MR) is 72.7 cm³/mol. The average Bonchev–Trinajstić information content (AvgIpc) is 2.74. The van der Waals surface area contributed by atoms with Gasteiger partial charge in [-0.25, -0.2) is 0 Å². The number of rotatable bonds is 1. The molecule has 0 amide bonds. The summed E-state index contributed by atoms with van der Waals surface area (Å²) < 4.78 is 0. The number of halogens is 2. The smallest absolute Gasteiger partial charge is 0.0612 e. The fraction of sp³-hybridized carbons (Fsp3) is 0.500. The molecule has 0 bridgehead atoms. The molecule has 1 saturated heterocycles. The van der Waals surface area contributed by atoms with E-state index in [1.54, 1.807) is 12.1 Å². The van der Waals surface area contributed by atoms with Crippen LogP contribution < -0.4 is 5.32 Å². The van der Waals surface area contributed by atoms with Crippen LogP contribution in [0.25, 0.3) is 0 Å². The van der Waals surface area contributed by atoms with Crippen LogP contribution in [-0.2, 0) is 0 Å². The molecule has 0 atom stereocenters. The zero-order valence-electron chi connectivity index (χ0n) is 9.76. The molecular weight excluding hydrogens is 243 g/mol. The molecule has 0 unspecified atom stereocenters. The fourth-order valence-electron chi connectivity index (χ4n) is 1.53. The van der Waals surface area contributed by atoms with Gasteiger partial charge in [0.05, 0.1) is 10.0 Å². The average molecular weight is 261 g/mol. The number of benzene rings is 1. The van der Waals surface area contributed by atoms with Crippen molar-refractivity contribution in [3.8, 4) is 0 Å². The molecule has 1 aromatic rings. The molecule has 1 N–H and O–H groups in total. The van der Waals surface area contributed by atoms with Crippen LogP contribution in [0, 0.1) is 0 Å². The number of likely N-dealkylation sites (tertiary alicyclic amines) is 1. The van der Waals surface area contributed by atoms with Gasteiger partial charge in [-0.1, -0.05) is 23.2 Å². The Labute approximate surface area is 108 Å². The van der Waals surface area contributed by atoms with E-state index in [1.165, 1.54) is 25.9 Å². The molecule has 0 saturated carbocycles. The summed E-state index contributed by atoms with van der Waals surface area (Å²) in [5.41, 5.74) is 0.967. The minimum Gasteiger partial charge on any atom is -0.388 e. The van der Waals surface area contributed by atoms with Gasteiger partial charge >= 0.3 is 0 Å². The minimum absolute atomic E-state index is 0.577. The van der Waals surface area contributed by atoms with Gasteiger partial charge in [0.2, 0.25) is 0 Å². The van der Waals surface area contributed by atoms with Gasteiger partial charge in [-0.2, -0.15) is 0 Å². The fourth-order valence-corrected chi connectivity index (χ4v) is 1.82. The van der Waals surface area contributed by atoms with Crippen LogP contribution in [0.15, 0.2) is 18.2 Å². The Balaban J connectivity index is 0.000000181. The molecule has 2 nitrogen and oxygen atoms in total. The highest BCUT2D eigenvalue weighted by Crippen LogP contribution is 2.24. The van der Waals surface area contributed by atoms with Crippen molar-refractivity contribution in [1.29, 1.82) is 0 Å². The number of hydrogen-bond donors (Lipinski definition) is 1. The summed E-state index contributed by atoms with van der Waals surface area (Å²) in [6.07, 6.45) is 2.83. The first-order chi connectivity index (χ1) is 7.63. The topological polar surface area (TPSA) is 15.3 Å². The lowest BCUT2D eigenvalue weighted by Gasteiger charge is -2.01. The lowest BCUT2D eigenvalue weighted by molar-refractivity contribution is 0.418. The number of anilines is 1. The quantitative estimate of drug-likeness (QED) is 0.828. The second kappa shape index (κ2) is 7.00. The summed E-state index contributed by atoms with van der Waals surface area (Å²) in [4.78, 5) is 2.36. The number of nitrogens with zero attached hydrogens (tertiary/aromatic N) is 1. The van der Waals surface area contributed by atoms with Gasteiger partial charge in [0.1, 0.15) is 0 Å². The lowest BCUT2D eigenvalue weighted by atomic mass is 10.3. The van der Waals surface area contributed by atoms with Crippen LogP contribution in [0.3, 0.4) is 0 Å². The van der Waals surface area contributed by atoms with E-state index in [9.17, 15) is 0 Å². The monoisotopic (exact) mass is 260 g/mol. The van der Waals surface area contributed by atoms with Gasteiger partial charge in [-0.05, 0) is 51.2 Å². The van der Waals surface area contributed by atoms with Crippen molar-refractivity contribution in [2.24, 2.45) is 0 Å². The largest absolute Gasteiger partial charge is 0.388 e. The second-order valence-electron chi connectivity index (χ2n) is 3.89. The van der Waals surface area contributed by atoms with Gasteiger partial charge in [0.15, 0.2) is 0 Å². The predicted octanol–water partition coefficient (Wildman–Crippen LogP) is 3.75. The SMILES string of the molecule is CN1CCCC1.CNc1ccc(Cl)c(Cl)c1. The molecule has 0 spiro atoms. The Hall–Kier alpha value is -0.440. The van der Waals surface area contributed by atoms with E-state index in [0.717, 1.165) is 5.69 Å². The van der Waals surface area contributed by atoms with E-state index in [-0.39, 0.29) is 0 Å². The Morgan fingerprint density at radius 1 is 1.12 bits per heavy atom. The van der Waals surface area contributed by atoms with Crippen molar-refractivity contribution >= 4 is 28.9 Å². The van der Waals surface area contributed by atoms with Crippen molar-refractivity contribution in [2.45, 2.75) is 12.8 Å². The molecule has 0 aromatic heterocycles. The summed E-state index contributed by atoms with van der Waals surface area (Å²) in [5, 5.41) is 4.11. The van der Waals surface area contributed by atoms with E-state index in [2.05, 4.69) is 17.3 Å². The van der Waals surface area contributed by atoms with Crippen LogP contribution in [0.5, 0.6) is 0 Å². The van der Waals surface area contributed by atoms with Crippen LogP contribution in [-0.4, -0.2) is 32.1 Å². The van der Waals surface area contributed by atoms with E-state index >= 15 is 0 Å². The summed E-state index contributed by atoms with van der Waals surface area (Å²) in [6, 6.07) is 5.41. The first kappa shape index (κ1) is 13.6. The molecule has 1 heterocycles. The van der Waals surface area contributed by atoms with Gasteiger partial charge in [0.25, 0.3) is 0 Å². The van der Waals surface area contributed by atoms with Crippen molar-refractivity contribution in [2.75, 3.05) is 32.5 Å². The summed E-state index contributed by atoms with van der Waals surface area (Å²) in [6.45, 7) is 2.64. The molecule has 4 heteroatoms. The van der Waals surface area contributed by atoms with E-state index in [0.29, 0.717) is 10.0 Å². The molecule has 1 aromatic carbocycles. The molecule has 0 radical (unpaired) electrons. The van der Waals surface area contributed by atoms with E-state index in [4.69, 9.17) is 23.2 Å². The third-order valence-electron chi connectivity index (χ3n) is 2.54. The maximum absolute atomic E-state index is 5.72. The number of hydrogen-bond acceptors (Lipinski definition) is 2.